The lowest BCUT2D eigenvalue weighted by Crippen LogP contribution is -2.04. The molecule has 0 saturated heterocycles. The van der Waals surface area contributed by atoms with Crippen LogP contribution in [-0.4, -0.2) is 26.4 Å². The lowest BCUT2D eigenvalue weighted by Gasteiger charge is -2.07. The maximum Gasteiger partial charge on any atom is 0.0700 e. The van der Waals surface area contributed by atoms with Crippen molar-refractivity contribution in [1.29, 1.82) is 0 Å². The molecule has 0 aliphatic heterocycles. The van der Waals surface area contributed by atoms with Gasteiger partial charge in [0.15, 0.2) is 0 Å². The topological polar surface area (TPSA) is 18.5 Å². The summed E-state index contributed by atoms with van der Waals surface area (Å²) in [5, 5.41) is 0. The van der Waals surface area contributed by atoms with Gasteiger partial charge in [-0.25, -0.2) is 0 Å². The number of hydrogen-bond acceptors (Lipinski definition) is 2. The van der Waals surface area contributed by atoms with Gasteiger partial charge in [-0.2, -0.15) is 0 Å². The molecule has 0 atom stereocenters. The van der Waals surface area contributed by atoms with E-state index in [1.807, 2.05) is 6.92 Å². The van der Waals surface area contributed by atoms with Crippen molar-refractivity contribution in [3.05, 3.63) is 59.7 Å². The summed E-state index contributed by atoms with van der Waals surface area (Å²) < 4.78 is 10.9. The third-order valence-corrected chi connectivity index (χ3v) is 7.14. The third-order valence-electron chi connectivity index (χ3n) is 7.14. The maximum absolute atomic E-state index is 5.58. The van der Waals surface area contributed by atoms with Gasteiger partial charge >= 0.3 is 0 Å². The number of hydrogen-bond donors (Lipinski definition) is 0. The first kappa shape index (κ1) is 30.6. The summed E-state index contributed by atoms with van der Waals surface area (Å²) >= 11 is 0. The van der Waals surface area contributed by atoms with Crippen molar-refractivity contribution in [1.82, 2.24) is 0 Å². The van der Waals surface area contributed by atoms with E-state index in [1.165, 1.54) is 125 Å². The number of unbranched alkanes of at least 4 members (excludes halogenated alkanes) is 12. The molecular formula is C34H54O2. The molecule has 2 aromatic rings. The lowest BCUT2D eigenvalue weighted by molar-refractivity contribution is 0.0512. The first-order chi connectivity index (χ1) is 17.8. The third kappa shape index (κ3) is 14.8. The molecule has 0 amide bonds. The van der Waals surface area contributed by atoms with E-state index in [2.05, 4.69) is 55.5 Å². The number of aryl methyl sites for hydroxylation is 2. The number of benzene rings is 2. The first-order valence-electron chi connectivity index (χ1n) is 15.2. The van der Waals surface area contributed by atoms with Crippen molar-refractivity contribution in [2.24, 2.45) is 0 Å². The predicted molar refractivity (Wildman–Crippen MR) is 157 cm³/mol. The average Bonchev–Trinajstić information content (AvgIpc) is 2.91. The normalized spacial score (nSPS) is 11.3. The molecule has 0 unspecified atom stereocenters. The molecule has 0 saturated carbocycles. The van der Waals surface area contributed by atoms with Crippen LogP contribution in [0.25, 0.3) is 11.1 Å². The Bertz CT molecular complexity index is 735. The van der Waals surface area contributed by atoms with Crippen molar-refractivity contribution in [2.45, 2.75) is 117 Å². The molecule has 0 radical (unpaired) electrons. The maximum atomic E-state index is 5.58. The van der Waals surface area contributed by atoms with Crippen LogP contribution in [0.2, 0.25) is 0 Å². The molecule has 0 spiro atoms. The van der Waals surface area contributed by atoms with Crippen LogP contribution >= 0.6 is 0 Å². The van der Waals surface area contributed by atoms with Crippen LogP contribution in [0.5, 0.6) is 0 Å². The molecule has 0 bridgehead atoms. The van der Waals surface area contributed by atoms with Crippen molar-refractivity contribution in [3.63, 3.8) is 0 Å². The minimum Gasteiger partial charge on any atom is -0.379 e. The fourth-order valence-electron chi connectivity index (χ4n) is 4.80. The van der Waals surface area contributed by atoms with Gasteiger partial charge in [-0.15, -0.1) is 0 Å². The fraction of sp³-hybridized carbons (Fsp3) is 0.647. The quantitative estimate of drug-likeness (QED) is 0.143. The Morgan fingerprint density at radius 3 is 1.31 bits per heavy atom. The van der Waals surface area contributed by atoms with E-state index in [-0.39, 0.29) is 0 Å². The Morgan fingerprint density at radius 2 is 0.833 bits per heavy atom. The second-order valence-corrected chi connectivity index (χ2v) is 10.3. The summed E-state index contributed by atoms with van der Waals surface area (Å²) in [6.07, 6.45) is 21.3. The molecule has 0 aromatic heterocycles. The van der Waals surface area contributed by atoms with Crippen molar-refractivity contribution >= 4 is 0 Å². The lowest BCUT2D eigenvalue weighted by atomic mass is 9.98. The van der Waals surface area contributed by atoms with Crippen molar-refractivity contribution in [2.75, 3.05) is 26.4 Å². The molecule has 2 aromatic carbocycles. The van der Waals surface area contributed by atoms with Gasteiger partial charge in [0.1, 0.15) is 0 Å². The van der Waals surface area contributed by atoms with E-state index in [9.17, 15) is 0 Å². The Kier molecular flexibility index (Phi) is 18.2. The summed E-state index contributed by atoms with van der Waals surface area (Å²) in [4.78, 5) is 0. The molecule has 2 nitrogen and oxygen atoms in total. The van der Waals surface area contributed by atoms with E-state index in [1.54, 1.807) is 0 Å². The van der Waals surface area contributed by atoms with Crippen LogP contribution in [0, 0.1) is 0 Å². The van der Waals surface area contributed by atoms with E-state index >= 15 is 0 Å². The second-order valence-electron chi connectivity index (χ2n) is 10.3. The van der Waals surface area contributed by atoms with E-state index in [0.717, 1.165) is 26.4 Å². The summed E-state index contributed by atoms with van der Waals surface area (Å²) in [6, 6.07) is 18.5. The highest BCUT2D eigenvalue weighted by Crippen LogP contribution is 2.22. The van der Waals surface area contributed by atoms with Gasteiger partial charge in [-0.3, -0.25) is 0 Å². The van der Waals surface area contributed by atoms with E-state index in [0.29, 0.717) is 0 Å². The summed E-state index contributed by atoms with van der Waals surface area (Å²) in [7, 11) is 0. The van der Waals surface area contributed by atoms with Crippen molar-refractivity contribution in [3.8, 4) is 11.1 Å². The zero-order valence-electron chi connectivity index (χ0n) is 23.6. The highest BCUT2D eigenvalue weighted by molar-refractivity contribution is 5.63. The minimum atomic E-state index is 0.725. The molecule has 0 heterocycles. The molecule has 0 fully saturated rings. The summed E-state index contributed by atoms with van der Waals surface area (Å²) in [5.41, 5.74) is 5.62. The summed E-state index contributed by atoms with van der Waals surface area (Å²) in [5.74, 6) is 0. The Hall–Kier alpha value is -1.64. The van der Waals surface area contributed by atoms with Crippen LogP contribution in [0.4, 0.5) is 0 Å². The van der Waals surface area contributed by atoms with Gasteiger partial charge in [-0.05, 0) is 61.3 Å². The molecule has 2 heteroatoms. The van der Waals surface area contributed by atoms with E-state index in [4.69, 9.17) is 9.47 Å². The van der Waals surface area contributed by atoms with Gasteiger partial charge in [-0.1, -0.05) is 126 Å². The van der Waals surface area contributed by atoms with Crippen LogP contribution < -0.4 is 0 Å². The van der Waals surface area contributed by atoms with Crippen molar-refractivity contribution < 1.29 is 9.47 Å². The fourth-order valence-corrected chi connectivity index (χ4v) is 4.80. The largest absolute Gasteiger partial charge is 0.379 e. The zero-order valence-corrected chi connectivity index (χ0v) is 23.6. The monoisotopic (exact) mass is 494 g/mol. The van der Waals surface area contributed by atoms with Crippen LogP contribution in [-0.2, 0) is 22.3 Å². The van der Waals surface area contributed by atoms with Gasteiger partial charge in [0.05, 0.1) is 13.2 Å². The molecule has 2 rings (SSSR count). The zero-order chi connectivity index (χ0) is 25.5. The Labute approximate surface area is 223 Å². The molecule has 0 N–H and O–H groups in total. The highest BCUT2D eigenvalue weighted by atomic mass is 16.5. The van der Waals surface area contributed by atoms with Gasteiger partial charge < -0.3 is 9.47 Å². The molecule has 0 aliphatic rings. The van der Waals surface area contributed by atoms with Crippen LogP contribution in [0.3, 0.4) is 0 Å². The molecule has 0 aliphatic carbocycles. The SMILES string of the molecule is CCCCCCCCCCc1ccc(-c2ccc(CCCCCCCCOCCOCC)cc2)cc1. The van der Waals surface area contributed by atoms with Gasteiger partial charge in [0, 0.05) is 13.2 Å². The number of ether oxygens (including phenoxy) is 2. The number of rotatable bonds is 23. The van der Waals surface area contributed by atoms with Crippen LogP contribution in [0.15, 0.2) is 48.5 Å². The van der Waals surface area contributed by atoms with Gasteiger partial charge in [0.25, 0.3) is 0 Å². The average molecular weight is 495 g/mol. The van der Waals surface area contributed by atoms with Gasteiger partial charge in [0.2, 0.25) is 0 Å². The summed E-state index contributed by atoms with van der Waals surface area (Å²) in [6.45, 7) is 7.42. The smallest absolute Gasteiger partial charge is 0.0700 e. The Balaban J connectivity index is 1.52. The second kappa shape index (κ2) is 21.4. The molecular weight excluding hydrogens is 440 g/mol. The first-order valence-corrected chi connectivity index (χ1v) is 15.2. The molecule has 202 valence electrons. The molecule has 36 heavy (non-hydrogen) atoms. The standard InChI is InChI=1S/C34H54O2/c1-3-5-6-7-8-9-12-15-18-31-20-24-33(25-21-31)34-26-22-32(23-27-34)19-16-13-10-11-14-17-28-36-30-29-35-4-2/h20-27H,3-19,28-30H2,1-2H3. The minimum absolute atomic E-state index is 0.725. The highest BCUT2D eigenvalue weighted by Gasteiger charge is 2.01. The van der Waals surface area contributed by atoms with Crippen LogP contribution in [0.1, 0.15) is 115 Å². The Morgan fingerprint density at radius 1 is 0.417 bits per heavy atom. The predicted octanol–water partition coefficient (Wildman–Crippen LogP) is 9.97. The van der Waals surface area contributed by atoms with E-state index < -0.39 is 0 Å².